The van der Waals surface area contributed by atoms with E-state index in [1.807, 2.05) is 0 Å². The van der Waals surface area contributed by atoms with Crippen LogP contribution in [0.1, 0.15) is 5.56 Å². The highest BCUT2D eigenvalue weighted by atomic mass is 19.4. The Labute approximate surface area is 75.5 Å². The zero-order valence-corrected chi connectivity index (χ0v) is 6.67. The molecule has 0 saturated heterocycles. The van der Waals surface area contributed by atoms with Gasteiger partial charge in [-0.25, -0.2) is 0 Å². The first-order chi connectivity index (χ1) is 6.50. The van der Waals surface area contributed by atoms with Crippen molar-refractivity contribution in [2.24, 2.45) is 0 Å². The minimum Gasteiger partial charge on any atom is -0.380 e. The van der Waals surface area contributed by atoms with Gasteiger partial charge in [0.2, 0.25) is 0 Å². The van der Waals surface area contributed by atoms with Crippen molar-refractivity contribution < 1.29 is 17.7 Å². The third-order valence-electron chi connectivity index (χ3n) is 1.72. The molecule has 0 radical (unpaired) electrons. The molecule has 14 heavy (non-hydrogen) atoms. The monoisotopic (exact) mass is 203 g/mol. The van der Waals surface area contributed by atoms with E-state index in [0.29, 0.717) is 6.20 Å². The van der Waals surface area contributed by atoms with Crippen molar-refractivity contribution in [3.8, 4) is 0 Å². The van der Waals surface area contributed by atoms with Crippen LogP contribution in [0.15, 0.2) is 16.9 Å². The highest BCUT2D eigenvalue weighted by molar-refractivity contribution is 5.89. The lowest BCUT2D eigenvalue weighted by Gasteiger charge is -2.05. The van der Waals surface area contributed by atoms with Crippen LogP contribution in [0.25, 0.3) is 11.0 Å². The number of rotatable bonds is 0. The lowest BCUT2D eigenvalue weighted by atomic mass is 10.2. The summed E-state index contributed by atoms with van der Waals surface area (Å²) in [5.41, 5.74) is 4.23. The molecular weight excluding hydrogens is 199 g/mol. The molecule has 0 saturated carbocycles. The summed E-state index contributed by atoms with van der Waals surface area (Å²) >= 11 is 0. The van der Waals surface area contributed by atoms with Crippen molar-refractivity contribution in [3.05, 3.63) is 18.0 Å². The van der Waals surface area contributed by atoms with Crippen LogP contribution < -0.4 is 5.73 Å². The second kappa shape index (κ2) is 2.60. The van der Waals surface area contributed by atoms with Crippen LogP contribution in [-0.2, 0) is 6.18 Å². The quantitative estimate of drug-likeness (QED) is 0.709. The van der Waals surface area contributed by atoms with E-state index in [0.717, 1.165) is 6.20 Å². The normalized spacial score (nSPS) is 12.2. The third-order valence-corrected chi connectivity index (χ3v) is 1.72. The Morgan fingerprint density at radius 1 is 1.29 bits per heavy atom. The highest BCUT2D eigenvalue weighted by Gasteiger charge is 2.35. The molecule has 0 atom stereocenters. The summed E-state index contributed by atoms with van der Waals surface area (Å²) in [6.45, 7) is 0. The van der Waals surface area contributed by atoms with Crippen molar-refractivity contribution in [2.75, 3.05) is 5.73 Å². The topological polar surface area (TPSA) is 64.9 Å². The molecular formula is C7H4F3N3O. The maximum atomic E-state index is 12.4. The number of pyridine rings is 1. The molecule has 0 aliphatic carbocycles. The van der Waals surface area contributed by atoms with E-state index in [1.165, 1.54) is 0 Å². The Morgan fingerprint density at radius 3 is 2.64 bits per heavy atom. The number of fused-ring (bicyclic) bond motifs is 1. The van der Waals surface area contributed by atoms with Gasteiger partial charge in [0.1, 0.15) is 0 Å². The van der Waals surface area contributed by atoms with E-state index in [2.05, 4.69) is 14.7 Å². The van der Waals surface area contributed by atoms with Gasteiger partial charge < -0.3 is 10.3 Å². The summed E-state index contributed by atoms with van der Waals surface area (Å²) in [6, 6.07) is 0. The molecule has 7 heteroatoms. The van der Waals surface area contributed by atoms with Gasteiger partial charge in [0.05, 0.1) is 17.1 Å². The number of halogens is 3. The Hall–Kier alpha value is -1.79. The lowest BCUT2D eigenvalue weighted by molar-refractivity contribution is -0.136. The van der Waals surface area contributed by atoms with Gasteiger partial charge in [0, 0.05) is 6.20 Å². The van der Waals surface area contributed by atoms with Crippen LogP contribution in [0.2, 0.25) is 0 Å². The van der Waals surface area contributed by atoms with Crippen LogP contribution in [0.4, 0.5) is 19.0 Å². The first kappa shape index (κ1) is 8.79. The van der Waals surface area contributed by atoms with E-state index < -0.39 is 11.7 Å². The number of anilines is 1. The predicted octanol–water partition coefficient (Wildman–Crippen LogP) is 1.82. The zero-order valence-electron chi connectivity index (χ0n) is 6.67. The summed E-state index contributed by atoms with van der Waals surface area (Å²) < 4.78 is 41.8. The van der Waals surface area contributed by atoms with Crippen LogP contribution >= 0.6 is 0 Å². The number of hydrogen-bond acceptors (Lipinski definition) is 4. The smallest absolute Gasteiger partial charge is 0.380 e. The molecule has 4 nitrogen and oxygen atoms in total. The molecule has 0 aromatic carbocycles. The van der Waals surface area contributed by atoms with E-state index in [4.69, 9.17) is 5.73 Å². The van der Waals surface area contributed by atoms with Crippen LogP contribution in [0, 0.1) is 0 Å². The van der Waals surface area contributed by atoms with Gasteiger partial charge in [-0.2, -0.15) is 13.2 Å². The number of nitrogen functional groups attached to an aromatic ring is 1. The molecule has 2 aromatic rings. The molecule has 0 amide bonds. The first-order valence-electron chi connectivity index (χ1n) is 3.56. The van der Waals surface area contributed by atoms with Gasteiger partial charge in [-0.05, 0) is 0 Å². The molecule has 0 aliphatic heterocycles. The SMILES string of the molecule is Nc1noc2cncc(C(F)(F)F)c12. The number of hydrogen-bond donors (Lipinski definition) is 1. The Bertz CT molecular complexity index is 476. The minimum atomic E-state index is -4.51. The summed E-state index contributed by atoms with van der Waals surface area (Å²) in [7, 11) is 0. The number of nitrogens with zero attached hydrogens (tertiary/aromatic N) is 2. The fraction of sp³-hybridized carbons (Fsp3) is 0.143. The fourth-order valence-corrected chi connectivity index (χ4v) is 1.13. The first-order valence-corrected chi connectivity index (χ1v) is 3.56. The fourth-order valence-electron chi connectivity index (χ4n) is 1.13. The Balaban J connectivity index is 2.82. The zero-order chi connectivity index (χ0) is 10.3. The number of aromatic nitrogens is 2. The van der Waals surface area contributed by atoms with Crippen molar-refractivity contribution in [2.45, 2.75) is 6.18 Å². The molecule has 2 rings (SSSR count). The average Bonchev–Trinajstić information content (AvgIpc) is 2.46. The highest BCUT2D eigenvalue weighted by Crippen LogP contribution is 2.36. The Morgan fingerprint density at radius 2 is 2.00 bits per heavy atom. The lowest BCUT2D eigenvalue weighted by Crippen LogP contribution is -2.06. The second-order valence-corrected chi connectivity index (χ2v) is 2.63. The van der Waals surface area contributed by atoms with E-state index in [1.54, 1.807) is 0 Å². The van der Waals surface area contributed by atoms with E-state index in [9.17, 15) is 13.2 Å². The summed E-state index contributed by atoms with van der Waals surface area (Å²) in [5.74, 6) is -0.283. The number of alkyl halides is 3. The summed E-state index contributed by atoms with van der Waals surface area (Å²) in [5, 5.41) is 2.99. The largest absolute Gasteiger partial charge is 0.418 e. The maximum absolute atomic E-state index is 12.4. The van der Waals surface area contributed by atoms with Crippen LogP contribution in [0.5, 0.6) is 0 Å². The molecule has 0 bridgehead atoms. The summed E-state index contributed by atoms with van der Waals surface area (Å²) in [6.07, 6.45) is -2.68. The van der Waals surface area contributed by atoms with E-state index in [-0.39, 0.29) is 16.8 Å². The van der Waals surface area contributed by atoms with Crippen molar-refractivity contribution in [1.82, 2.24) is 10.1 Å². The van der Waals surface area contributed by atoms with Gasteiger partial charge in [-0.3, -0.25) is 4.98 Å². The van der Waals surface area contributed by atoms with Gasteiger partial charge in [0.25, 0.3) is 0 Å². The molecule has 74 valence electrons. The maximum Gasteiger partial charge on any atom is 0.418 e. The molecule has 2 aromatic heterocycles. The summed E-state index contributed by atoms with van der Waals surface area (Å²) in [4.78, 5) is 3.38. The van der Waals surface area contributed by atoms with Gasteiger partial charge in [0.15, 0.2) is 11.4 Å². The standard InChI is InChI=1S/C7H4F3N3O/c8-7(9,10)3-1-12-2-4-5(3)6(11)13-14-4/h1-2H,(H2,11,13). The molecule has 0 fully saturated rings. The molecule has 0 spiro atoms. The van der Waals surface area contributed by atoms with Crippen molar-refractivity contribution >= 4 is 16.8 Å². The van der Waals surface area contributed by atoms with Gasteiger partial charge >= 0.3 is 6.18 Å². The Kier molecular flexibility index (Phi) is 1.63. The molecule has 2 N–H and O–H groups in total. The van der Waals surface area contributed by atoms with Crippen LogP contribution in [-0.4, -0.2) is 10.1 Å². The van der Waals surface area contributed by atoms with Crippen molar-refractivity contribution in [1.29, 1.82) is 0 Å². The average molecular weight is 203 g/mol. The minimum absolute atomic E-state index is 0.0719. The third kappa shape index (κ3) is 1.17. The van der Waals surface area contributed by atoms with E-state index >= 15 is 0 Å². The van der Waals surface area contributed by atoms with Gasteiger partial charge in [-0.1, -0.05) is 5.16 Å². The molecule has 2 heterocycles. The molecule has 0 unspecified atom stereocenters. The van der Waals surface area contributed by atoms with Crippen molar-refractivity contribution in [3.63, 3.8) is 0 Å². The molecule has 0 aliphatic rings. The van der Waals surface area contributed by atoms with Crippen LogP contribution in [0.3, 0.4) is 0 Å². The predicted molar refractivity (Wildman–Crippen MR) is 41.2 cm³/mol. The number of nitrogens with two attached hydrogens (primary N) is 1. The second-order valence-electron chi connectivity index (χ2n) is 2.63. The van der Waals surface area contributed by atoms with Gasteiger partial charge in [-0.15, -0.1) is 0 Å².